The summed E-state index contributed by atoms with van der Waals surface area (Å²) in [5, 5.41) is 10.00. The number of halogens is 1. The van der Waals surface area contributed by atoms with Crippen LogP contribution >= 0.6 is 15.9 Å². The molecule has 0 amide bonds. The molecular weight excluding hydrogens is 608 g/mol. The highest BCUT2D eigenvalue weighted by Crippen LogP contribution is 2.30. The summed E-state index contributed by atoms with van der Waals surface area (Å²) in [5.41, 5.74) is 5.12. The molecule has 0 saturated carbocycles. The van der Waals surface area contributed by atoms with Gasteiger partial charge in [0.25, 0.3) is 0 Å². The molecule has 228 valence electrons. The van der Waals surface area contributed by atoms with Crippen LogP contribution in [-0.4, -0.2) is 21.3 Å². The maximum Gasteiger partial charge on any atom is 0.0681 e. The van der Waals surface area contributed by atoms with Gasteiger partial charge in [0.05, 0.1) is 22.8 Å². The molecule has 2 rings (SSSR count). The molecule has 1 nitrogen and oxygen atoms in total. The van der Waals surface area contributed by atoms with Crippen molar-refractivity contribution in [3.05, 3.63) is 147 Å². The zero-order valence-electron chi connectivity index (χ0n) is 26.1. The maximum absolute atomic E-state index is 9.07. The van der Waals surface area contributed by atoms with Crippen molar-refractivity contribution < 1.29 is 5.11 Å². The average molecular weight is 664 g/mol. The Kier molecular flexibility index (Phi) is 20.1. The van der Waals surface area contributed by atoms with Crippen LogP contribution in [0.25, 0.3) is 0 Å². The molecule has 0 fully saturated rings. The van der Waals surface area contributed by atoms with Crippen molar-refractivity contribution in [3.63, 3.8) is 0 Å². The van der Waals surface area contributed by atoms with Crippen molar-refractivity contribution in [3.8, 4) is 0 Å². The van der Waals surface area contributed by atoms with Gasteiger partial charge < -0.3 is 5.11 Å². The van der Waals surface area contributed by atoms with E-state index in [0.717, 1.165) is 35.4 Å². The zero-order valence-corrected chi connectivity index (χ0v) is 29.6. The molecule has 0 aliphatic carbocycles. The topological polar surface area (TPSA) is 20.2 Å². The molecule has 0 heterocycles. The third-order valence-electron chi connectivity index (χ3n) is 8.19. The molecule has 0 aromatic heterocycles. The quantitative estimate of drug-likeness (QED) is 0.0755. The summed E-state index contributed by atoms with van der Waals surface area (Å²) in [7, 11) is -2.69. The number of aliphatic hydroxyl groups excluding tert-OH is 1. The number of aliphatic hydroxyl groups is 1. The van der Waals surface area contributed by atoms with Crippen molar-refractivity contribution >= 4 is 32.1 Å². The van der Waals surface area contributed by atoms with Crippen LogP contribution in [0.4, 0.5) is 0 Å². The number of hydrogen-bond acceptors (Lipinski definition) is 1. The normalized spacial score (nSPS) is 11.1. The minimum atomic E-state index is -1.36. The van der Waals surface area contributed by atoms with Crippen molar-refractivity contribution in [1.82, 2.24) is 0 Å². The van der Waals surface area contributed by atoms with E-state index in [1.807, 2.05) is 12.1 Å². The van der Waals surface area contributed by atoms with Gasteiger partial charge in [0, 0.05) is 5.33 Å². The summed E-state index contributed by atoms with van der Waals surface area (Å²) in [4.78, 5) is 0. The monoisotopic (exact) mass is 662 g/mol. The smallest absolute Gasteiger partial charge is 0.0681 e. The minimum absolute atomic E-state index is 0.119. The SMILES string of the molecule is C=CC[Si](CC=C)(CC=C)CCCc1ccc(CBr)cc1.C=CC[Si](CC=C)(CC=C)CCCc1ccc(CO)cc1. The third kappa shape index (κ3) is 14.3. The van der Waals surface area contributed by atoms with Crippen LogP contribution < -0.4 is 0 Å². The van der Waals surface area contributed by atoms with E-state index in [1.165, 1.54) is 66.2 Å². The molecule has 2 aromatic carbocycles. The van der Waals surface area contributed by atoms with Crippen LogP contribution in [0.3, 0.4) is 0 Å². The Labute approximate surface area is 268 Å². The first-order chi connectivity index (χ1) is 20.4. The van der Waals surface area contributed by atoms with Gasteiger partial charge in [0.15, 0.2) is 0 Å². The highest BCUT2D eigenvalue weighted by Gasteiger charge is 2.28. The van der Waals surface area contributed by atoms with E-state index in [4.69, 9.17) is 5.11 Å². The Bertz CT molecular complexity index is 931. The van der Waals surface area contributed by atoms with E-state index >= 15 is 0 Å². The van der Waals surface area contributed by atoms with E-state index < -0.39 is 16.1 Å². The number of allylic oxidation sites excluding steroid dienone is 6. The first-order valence-corrected chi connectivity index (χ1v) is 22.1. The zero-order chi connectivity index (χ0) is 31.1. The first-order valence-electron chi connectivity index (χ1n) is 15.4. The van der Waals surface area contributed by atoms with Crippen molar-refractivity contribution in [2.45, 2.75) is 86.0 Å². The number of alkyl halides is 1. The fourth-order valence-corrected chi connectivity index (χ4v) is 14.0. The lowest BCUT2D eigenvalue weighted by Crippen LogP contribution is -2.32. The fraction of sp³-hybridized carbons (Fsp3) is 0.368. The summed E-state index contributed by atoms with van der Waals surface area (Å²) in [5.74, 6) is 0. The Morgan fingerprint density at radius 2 is 0.786 bits per heavy atom. The predicted octanol–water partition coefficient (Wildman–Crippen LogP) is 11.6. The predicted molar refractivity (Wildman–Crippen MR) is 199 cm³/mol. The molecule has 0 bridgehead atoms. The molecule has 4 heteroatoms. The summed E-state index contributed by atoms with van der Waals surface area (Å²) >= 11 is 3.49. The van der Waals surface area contributed by atoms with Gasteiger partial charge in [0.1, 0.15) is 0 Å². The lowest BCUT2D eigenvalue weighted by Gasteiger charge is -2.28. The highest BCUT2D eigenvalue weighted by molar-refractivity contribution is 9.08. The van der Waals surface area contributed by atoms with E-state index in [1.54, 1.807) is 0 Å². The maximum atomic E-state index is 9.07. The van der Waals surface area contributed by atoms with E-state index in [9.17, 15) is 0 Å². The first kappa shape index (κ1) is 37.8. The summed E-state index contributed by atoms with van der Waals surface area (Å²) in [6.07, 6.45) is 17.3. The van der Waals surface area contributed by atoms with Gasteiger partial charge in [-0.2, -0.15) is 0 Å². The Morgan fingerprint density at radius 3 is 1.05 bits per heavy atom. The molecule has 0 aliphatic rings. The van der Waals surface area contributed by atoms with Crippen LogP contribution in [0.15, 0.2) is 124 Å². The van der Waals surface area contributed by atoms with E-state index in [0.29, 0.717) is 0 Å². The summed E-state index contributed by atoms with van der Waals surface area (Å²) < 4.78 is 0. The molecular formula is C38H55BrOSi2. The molecule has 0 saturated heterocycles. The van der Waals surface area contributed by atoms with E-state index in [2.05, 4.69) is 128 Å². The Balaban J connectivity index is 0.000000420. The van der Waals surface area contributed by atoms with Gasteiger partial charge in [-0.15, -0.1) is 39.5 Å². The third-order valence-corrected chi connectivity index (χ3v) is 18.6. The number of hydrogen-bond donors (Lipinski definition) is 1. The Hall–Kier alpha value is -2.25. The second kappa shape index (κ2) is 22.3. The van der Waals surface area contributed by atoms with Gasteiger partial charge in [0.2, 0.25) is 0 Å². The fourth-order valence-electron chi connectivity index (χ4n) is 5.89. The van der Waals surface area contributed by atoms with Crippen LogP contribution in [0.2, 0.25) is 48.4 Å². The van der Waals surface area contributed by atoms with Crippen LogP contribution in [0, 0.1) is 0 Å². The molecule has 0 spiro atoms. The number of benzene rings is 2. The average Bonchev–Trinajstić information content (AvgIpc) is 2.99. The minimum Gasteiger partial charge on any atom is -0.392 e. The molecule has 0 atom stereocenters. The molecule has 2 aromatic rings. The summed E-state index contributed by atoms with van der Waals surface area (Å²) in [6.45, 7) is 23.8. The van der Waals surface area contributed by atoms with Gasteiger partial charge in [-0.1, -0.05) is 126 Å². The molecule has 0 aliphatic heterocycles. The standard InChI is InChI=1S/C19H27BrSi.C19H28OSi/c2*1-4-13-21(14-5-2,15-6-3)16-7-8-18-9-11-19(17-20)12-10-18/h4-6,9-12H,1-3,7-8,13-17H2;4-6,9-12,20H,1-3,7-8,13-17H2. The lowest BCUT2D eigenvalue weighted by molar-refractivity contribution is 0.282. The van der Waals surface area contributed by atoms with Gasteiger partial charge in [-0.3, -0.25) is 0 Å². The largest absolute Gasteiger partial charge is 0.392 e. The molecule has 42 heavy (non-hydrogen) atoms. The molecule has 0 unspecified atom stereocenters. The summed E-state index contributed by atoms with van der Waals surface area (Å²) in [6, 6.07) is 26.8. The van der Waals surface area contributed by atoms with Crippen molar-refractivity contribution in [2.24, 2.45) is 0 Å². The highest BCUT2D eigenvalue weighted by atomic mass is 79.9. The van der Waals surface area contributed by atoms with Crippen molar-refractivity contribution in [2.75, 3.05) is 0 Å². The second-order valence-corrected chi connectivity index (χ2v) is 21.6. The van der Waals surface area contributed by atoms with Gasteiger partial charge >= 0.3 is 0 Å². The Morgan fingerprint density at radius 1 is 0.500 bits per heavy atom. The van der Waals surface area contributed by atoms with E-state index in [-0.39, 0.29) is 6.61 Å². The van der Waals surface area contributed by atoms with Gasteiger partial charge in [-0.25, -0.2) is 0 Å². The second-order valence-electron chi connectivity index (χ2n) is 11.6. The molecule has 1 N–H and O–H groups in total. The lowest BCUT2D eigenvalue weighted by atomic mass is 10.1. The van der Waals surface area contributed by atoms with Crippen molar-refractivity contribution in [1.29, 1.82) is 0 Å². The number of aryl methyl sites for hydroxylation is 2. The number of rotatable bonds is 22. The van der Waals surface area contributed by atoms with Crippen LogP contribution in [-0.2, 0) is 24.8 Å². The van der Waals surface area contributed by atoms with Gasteiger partial charge in [-0.05, 0) is 71.4 Å². The van der Waals surface area contributed by atoms with Crippen LogP contribution in [0.5, 0.6) is 0 Å². The molecule has 0 radical (unpaired) electrons. The van der Waals surface area contributed by atoms with Crippen LogP contribution in [0.1, 0.15) is 35.1 Å².